The van der Waals surface area contributed by atoms with Crippen LogP contribution in [0.4, 0.5) is 0 Å². The van der Waals surface area contributed by atoms with Crippen LogP contribution in [0, 0.1) is 0 Å². The number of nitrogens with zero attached hydrogens (tertiary/aromatic N) is 3. The summed E-state index contributed by atoms with van der Waals surface area (Å²) in [7, 11) is 0. The summed E-state index contributed by atoms with van der Waals surface area (Å²) in [6.07, 6.45) is 3.28. The molecule has 0 unspecified atom stereocenters. The van der Waals surface area contributed by atoms with Gasteiger partial charge in [0, 0.05) is 31.0 Å². The van der Waals surface area contributed by atoms with Gasteiger partial charge in [0.25, 0.3) is 5.91 Å². The van der Waals surface area contributed by atoms with Gasteiger partial charge in [0.1, 0.15) is 0 Å². The summed E-state index contributed by atoms with van der Waals surface area (Å²) in [4.78, 5) is 16.2. The zero-order valence-corrected chi connectivity index (χ0v) is 12.7. The van der Waals surface area contributed by atoms with Crippen LogP contribution < -0.4 is 10.1 Å². The van der Waals surface area contributed by atoms with E-state index in [0.29, 0.717) is 30.6 Å². The van der Waals surface area contributed by atoms with E-state index in [4.69, 9.17) is 16.3 Å². The fraction of sp³-hybridized carbons (Fsp3) is 0.357. The molecule has 0 radical (unpaired) electrons. The van der Waals surface area contributed by atoms with Gasteiger partial charge in [-0.15, -0.1) is 0 Å². The lowest BCUT2D eigenvalue weighted by Crippen LogP contribution is -2.24. The number of carbonyl (C=O) groups is 1. The lowest BCUT2D eigenvalue weighted by atomic mass is 10.2. The Hall–Kier alpha value is -2.08. The second-order valence-corrected chi connectivity index (χ2v) is 4.67. The number of aromatic nitrogens is 3. The number of hydrogen-bond donors (Lipinski definition) is 1. The fourth-order valence-corrected chi connectivity index (χ4v) is 2.03. The van der Waals surface area contributed by atoms with E-state index in [1.807, 2.05) is 19.9 Å². The number of ether oxygens (including phenoxy) is 1. The number of aryl methyl sites for hydroxylation is 1. The molecule has 0 aliphatic carbocycles. The maximum Gasteiger partial charge on any atom is 0.273 e. The minimum atomic E-state index is -0.321. The summed E-state index contributed by atoms with van der Waals surface area (Å²) in [5.74, 6) is 0.198. The number of amides is 1. The summed E-state index contributed by atoms with van der Waals surface area (Å²) in [6, 6.07) is 3.65. The number of rotatable bonds is 6. The summed E-state index contributed by atoms with van der Waals surface area (Å²) < 4.78 is 7.03. The fourth-order valence-electron chi connectivity index (χ4n) is 1.80. The molecule has 0 fully saturated rings. The quantitative estimate of drug-likeness (QED) is 0.889. The van der Waals surface area contributed by atoms with Gasteiger partial charge in [-0.05, 0) is 19.9 Å². The zero-order valence-electron chi connectivity index (χ0n) is 12.0. The number of carbonyl (C=O) groups excluding carboxylic acids is 1. The van der Waals surface area contributed by atoms with Crippen LogP contribution in [0.5, 0.6) is 5.88 Å². The Morgan fingerprint density at radius 1 is 1.48 bits per heavy atom. The first-order valence-electron chi connectivity index (χ1n) is 6.73. The third-order valence-corrected chi connectivity index (χ3v) is 3.10. The van der Waals surface area contributed by atoms with Crippen LogP contribution in [0.15, 0.2) is 24.5 Å². The summed E-state index contributed by atoms with van der Waals surface area (Å²) in [6.45, 7) is 5.29. The van der Waals surface area contributed by atoms with Crippen LogP contribution in [0.3, 0.4) is 0 Å². The van der Waals surface area contributed by atoms with Crippen molar-refractivity contribution in [2.24, 2.45) is 0 Å². The molecular formula is C14H17ClN4O2. The number of hydrogen-bond acceptors (Lipinski definition) is 4. The van der Waals surface area contributed by atoms with E-state index >= 15 is 0 Å². The average Bonchev–Trinajstić information content (AvgIpc) is 2.87. The smallest absolute Gasteiger partial charge is 0.273 e. The van der Waals surface area contributed by atoms with E-state index < -0.39 is 0 Å². The van der Waals surface area contributed by atoms with Crippen molar-refractivity contribution in [2.75, 3.05) is 6.61 Å². The molecule has 0 aliphatic heterocycles. The second-order valence-electron chi connectivity index (χ2n) is 4.26. The van der Waals surface area contributed by atoms with Crippen LogP contribution in [-0.2, 0) is 13.1 Å². The van der Waals surface area contributed by atoms with Crippen molar-refractivity contribution >= 4 is 17.5 Å². The van der Waals surface area contributed by atoms with Crippen LogP contribution in [-0.4, -0.2) is 27.3 Å². The number of pyridine rings is 1. The molecule has 2 aromatic heterocycles. The Labute approximate surface area is 128 Å². The standard InChI is InChI=1S/C14H17ClN4O2/c1-3-19-9-11(15)12(18-19)13(20)17-8-10-6-5-7-16-14(10)21-4-2/h5-7,9H,3-4,8H2,1-2H3,(H,17,20). The van der Waals surface area contributed by atoms with Gasteiger partial charge in [-0.3, -0.25) is 9.48 Å². The predicted octanol–water partition coefficient (Wildman–Crippen LogP) is 2.28. The summed E-state index contributed by atoms with van der Waals surface area (Å²) in [5, 5.41) is 7.24. The highest BCUT2D eigenvalue weighted by atomic mass is 35.5. The van der Waals surface area contributed by atoms with E-state index in [0.717, 1.165) is 5.56 Å². The molecule has 112 valence electrons. The maximum absolute atomic E-state index is 12.1. The van der Waals surface area contributed by atoms with Gasteiger partial charge < -0.3 is 10.1 Å². The Morgan fingerprint density at radius 2 is 2.29 bits per heavy atom. The second kappa shape index (κ2) is 7.08. The molecule has 7 heteroatoms. The van der Waals surface area contributed by atoms with Gasteiger partial charge in [0.05, 0.1) is 11.6 Å². The predicted molar refractivity (Wildman–Crippen MR) is 79.5 cm³/mol. The highest BCUT2D eigenvalue weighted by molar-refractivity contribution is 6.33. The van der Waals surface area contributed by atoms with E-state index in [9.17, 15) is 4.79 Å². The molecule has 1 N–H and O–H groups in total. The molecule has 6 nitrogen and oxygen atoms in total. The van der Waals surface area contributed by atoms with Crippen LogP contribution in [0.2, 0.25) is 5.02 Å². The topological polar surface area (TPSA) is 69.0 Å². The van der Waals surface area contributed by atoms with E-state index in [1.54, 1.807) is 23.1 Å². The first kappa shape index (κ1) is 15.3. The first-order valence-corrected chi connectivity index (χ1v) is 7.11. The van der Waals surface area contributed by atoms with Crippen molar-refractivity contribution in [1.29, 1.82) is 0 Å². The summed E-state index contributed by atoms with van der Waals surface area (Å²) >= 11 is 6.00. The van der Waals surface area contributed by atoms with E-state index in [-0.39, 0.29) is 11.6 Å². The lowest BCUT2D eigenvalue weighted by Gasteiger charge is -2.09. The first-order chi connectivity index (χ1) is 10.2. The van der Waals surface area contributed by atoms with Crippen molar-refractivity contribution in [3.63, 3.8) is 0 Å². The Bertz CT molecular complexity index is 627. The Kier molecular flexibility index (Phi) is 5.16. The van der Waals surface area contributed by atoms with Crippen LogP contribution in [0.25, 0.3) is 0 Å². The van der Waals surface area contributed by atoms with Crippen molar-refractivity contribution in [2.45, 2.75) is 26.9 Å². The average molecular weight is 309 g/mol. The highest BCUT2D eigenvalue weighted by Crippen LogP contribution is 2.16. The Morgan fingerprint density at radius 3 is 2.95 bits per heavy atom. The molecule has 2 rings (SSSR count). The van der Waals surface area contributed by atoms with Crippen molar-refractivity contribution in [3.05, 3.63) is 40.8 Å². The monoisotopic (exact) mass is 308 g/mol. The van der Waals surface area contributed by atoms with E-state index in [2.05, 4.69) is 15.4 Å². The van der Waals surface area contributed by atoms with Gasteiger partial charge in [-0.1, -0.05) is 17.7 Å². The molecular weight excluding hydrogens is 292 g/mol. The molecule has 0 saturated heterocycles. The molecule has 0 atom stereocenters. The molecule has 0 aliphatic rings. The van der Waals surface area contributed by atoms with Gasteiger partial charge in [0.15, 0.2) is 5.69 Å². The third kappa shape index (κ3) is 3.72. The van der Waals surface area contributed by atoms with E-state index in [1.165, 1.54) is 0 Å². The van der Waals surface area contributed by atoms with Gasteiger partial charge >= 0.3 is 0 Å². The number of halogens is 1. The minimum absolute atomic E-state index is 0.223. The van der Waals surface area contributed by atoms with Crippen LogP contribution >= 0.6 is 11.6 Å². The van der Waals surface area contributed by atoms with Crippen molar-refractivity contribution in [3.8, 4) is 5.88 Å². The lowest BCUT2D eigenvalue weighted by molar-refractivity contribution is 0.0945. The Balaban J connectivity index is 2.05. The molecule has 21 heavy (non-hydrogen) atoms. The largest absolute Gasteiger partial charge is 0.478 e. The summed E-state index contributed by atoms with van der Waals surface area (Å²) in [5.41, 5.74) is 1.03. The molecule has 2 aromatic rings. The van der Waals surface area contributed by atoms with Crippen molar-refractivity contribution < 1.29 is 9.53 Å². The molecule has 0 bridgehead atoms. The third-order valence-electron chi connectivity index (χ3n) is 2.83. The molecule has 0 saturated carbocycles. The minimum Gasteiger partial charge on any atom is -0.478 e. The van der Waals surface area contributed by atoms with Gasteiger partial charge in [-0.25, -0.2) is 4.98 Å². The van der Waals surface area contributed by atoms with Gasteiger partial charge in [-0.2, -0.15) is 5.10 Å². The van der Waals surface area contributed by atoms with Crippen molar-refractivity contribution in [1.82, 2.24) is 20.1 Å². The molecule has 0 aromatic carbocycles. The normalized spacial score (nSPS) is 10.4. The molecule has 2 heterocycles. The maximum atomic E-state index is 12.1. The van der Waals surface area contributed by atoms with Gasteiger partial charge in [0.2, 0.25) is 5.88 Å². The number of nitrogens with one attached hydrogen (secondary N) is 1. The SMILES string of the molecule is CCOc1ncccc1CNC(=O)c1nn(CC)cc1Cl. The molecule has 0 spiro atoms. The van der Waals surface area contributed by atoms with Crippen LogP contribution in [0.1, 0.15) is 29.9 Å². The molecule has 1 amide bonds. The zero-order chi connectivity index (χ0) is 15.2. The highest BCUT2D eigenvalue weighted by Gasteiger charge is 2.15.